The Morgan fingerprint density at radius 1 is 1.33 bits per heavy atom. The van der Waals surface area contributed by atoms with Crippen molar-refractivity contribution < 1.29 is 14.8 Å². The molecule has 84 valence electrons. The highest BCUT2D eigenvalue weighted by molar-refractivity contribution is 6.43. The number of nitrogens with one attached hydrogen (secondary N) is 1. The zero-order chi connectivity index (χ0) is 10.8. The summed E-state index contributed by atoms with van der Waals surface area (Å²) in [6.07, 6.45) is 3.44. The van der Waals surface area contributed by atoms with E-state index in [1.165, 1.54) is 0 Å². The van der Waals surface area contributed by atoms with Crippen LogP contribution in [0.3, 0.4) is 0 Å². The fourth-order valence-corrected chi connectivity index (χ4v) is 2.47. The first-order valence-corrected chi connectivity index (χ1v) is 5.60. The minimum Gasteiger partial charge on any atom is -0.426 e. The molecule has 0 radical (unpaired) electrons. The van der Waals surface area contributed by atoms with E-state index in [2.05, 4.69) is 5.32 Å². The third-order valence-corrected chi connectivity index (χ3v) is 3.28. The highest BCUT2D eigenvalue weighted by Crippen LogP contribution is 2.20. The van der Waals surface area contributed by atoms with Gasteiger partial charge in [0, 0.05) is 6.54 Å². The highest BCUT2D eigenvalue weighted by atomic mass is 16.4. The van der Waals surface area contributed by atoms with Crippen molar-refractivity contribution in [1.29, 1.82) is 0 Å². The number of hydrogen-bond donors (Lipinski definition) is 3. The maximum Gasteiger partial charge on any atom is 0.475 e. The van der Waals surface area contributed by atoms with Crippen LogP contribution in [0, 0.1) is 0 Å². The van der Waals surface area contributed by atoms with E-state index in [1.54, 1.807) is 4.90 Å². The topological polar surface area (TPSA) is 72.8 Å². The molecule has 0 spiro atoms. The van der Waals surface area contributed by atoms with Crippen LogP contribution in [0.4, 0.5) is 0 Å². The van der Waals surface area contributed by atoms with Crippen molar-refractivity contribution in [2.75, 3.05) is 13.1 Å². The Balaban J connectivity index is 1.99. The molecule has 0 aliphatic carbocycles. The van der Waals surface area contributed by atoms with Crippen molar-refractivity contribution >= 4 is 13.0 Å². The summed E-state index contributed by atoms with van der Waals surface area (Å²) in [5, 5.41) is 21.4. The van der Waals surface area contributed by atoms with E-state index >= 15 is 0 Å². The van der Waals surface area contributed by atoms with Crippen LogP contribution >= 0.6 is 0 Å². The summed E-state index contributed by atoms with van der Waals surface area (Å²) in [6.45, 7) is 1.54. The average Bonchev–Trinajstić information content (AvgIpc) is 2.88. The van der Waals surface area contributed by atoms with Crippen molar-refractivity contribution in [2.24, 2.45) is 0 Å². The van der Waals surface area contributed by atoms with Gasteiger partial charge in [0.15, 0.2) is 0 Å². The molecular weight excluding hydrogens is 195 g/mol. The molecule has 2 unspecified atom stereocenters. The van der Waals surface area contributed by atoms with E-state index in [4.69, 9.17) is 10.0 Å². The molecule has 0 bridgehead atoms. The summed E-state index contributed by atoms with van der Waals surface area (Å²) in [6, 6.07) is -0.107. The van der Waals surface area contributed by atoms with Crippen LogP contribution in [0.15, 0.2) is 0 Å². The highest BCUT2D eigenvalue weighted by Gasteiger charge is 2.39. The quantitative estimate of drug-likeness (QED) is 0.499. The molecule has 6 heteroatoms. The summed E-state index contributed by atoms with van der Waals surface area (Å²) in [7, 11) is -1.40. The molecule has 0 aromatic heterocycles. The van der Waals surface area contributed by atoms with E-state index < -0.39 is 13.1 Å². The van der Waals surface area contributed by atoms with Crippen LogP contribution in [0.1, 0.15) is 25.7 Å². The molecule has 2 atom stereocenters. The Hall–Kier alpha value is -0.585. The monoisotopic (exact) mass is 212 g/mol. The van der Waals surface area contributed by atoms with E-state index in [0.29, 0.717) is 13.0 Å². The van der Waals surface area contributed by atoms with E-state index in [9.17, 15) is 4.79 Å². The number of likely N-dealkylation sites (tertiary alicyclic amines) is 1. The number of carbonyl (C=O) groups excluding carboxylic acids is 1. The lowest BCUT2D eigenvalue weighted by atomic mass is 9.77. The van der Waals surface area contributed by atoms with Gasteiger partial charge in [0.2, 0.25) is 5.91 Å². The first-order chi connectivity index (χ1) is 7.20. The molecule has 2 fully saturated rings. The largest absolute Gasteiger partial charge is 0.475 e. The number of amides is 1. The van der Waals surface area contributed by atoms with Crippen LogP contribution in [0.5, 0.6) is 0 Å². The number of rotatable bonds is 2. The fourth-order valence-electron chi connectivity index (χ4n) is 2.47. The summed E-state index contributed by atoms with van der Waals surface area (Å²) >= 11 is 0. The lowest BCUT2D eigenvalue weighted by molar-refractivity contribution is -0.133. The number of hydrogen-bond acceptors (Lipinski definition) is 4. The molecule has 1 amide bonds. The SMILES string of the molecule is O=C(C1CCCN1)N1CCCC1B(O)O. The Morgan fingerprint density at radius 2 is 2.13 bits per heavy atom. The Labute approximate surface area is 89.6 Å². The molecule has 0 aromatic carbocycles. The third-order valence-electron chi connectivity index (χ3n) is 3.28. The molecule has 2 aliphatic rings. The van der Waals surface area contributed by atoms with Crippen LogP contribution in [0.2, 0.25) is 0 Å². The van der Waals surface area contributed by atoms with Gasteiger partial charge in [-0.05, 0) is 32.2 Å². The van der Waals surface area contributed by atoms with Gasteiger partial charge in [-0.1, -0.05) is 0 Å². The molecule has 2 heterocycles. The van der Waals surface area contributed by atoms with Gasteiger partial charge in [0.1, 0.15) is 0 Å². The van der Waals surface area contributed by atoms with Gasteiger partial charge in [-0.3, -0.25) is 4.79 Å². The molecule has 5 nitrogen and oxygen atoms in total. The minimum atomic E-state index is -1.40. The van der Waals surface area contributed by atoms with Crippen LogP contribution in [0.25, 0.3) is 0 Å². The molecule has 2 saturated heterocycles. The van der Waals surface area contributed by atoms with Crippen LogP contribution < -0.4 is 5.32 Å². The average molecular weight is 212 g/mol. The van der Waals surface area contributed by atoms with Gasteiger partial charge < -0.3 is 20.3 Å². The second kappa shape index (κ2) is 4.51. The van der Waals surface area contributed by atoms with Crippen molar-refractivity contribution in [3.63, 3.8) is 0 Å². The zero-order valence-electron chi connectivity index (χ0n) is 8.72. The summed E-state index contributed by atoms with van der Waals surface area (Å²) in [5.41, 5.74) is 0. The summed E-state index contributed by atoms with van der Waals surface area (Å²) in [5.74, 6) is -0.372. The van der Waals surface area contributed by atoms with Crippen molar-refractivity contribution in [2.45, 2.75) is 37.7 Å². The van der Waals surface area contributed by atoms with Crippen molar-refractivity contribution in [3.05, 3.63) is 0 Å². The first-order valence-electron chi connectivity index (χ1n) is 5.60. The van der Waals surface area contributed by atoms with E-state index in [0.717, 1.165) is 25.8 Å². The second-order valence-electron chi connectivity index (χ2n) is 4.30. The van der Waals surface area contributed by atoms with Crippen LogP contribution in [-0.4, -0.2) is 53.0 Å². The van der Waals surface area contributed by atoms with Gasteiger partial charge in [0.05, 0.1) is 12.0 Å². The Kier molecular flexibility index (Phi) is 3.28. The molecule has 2 aliphatic heterocycles. The van der Waals surface area contributed by atoms with Gasteiger partial charge >= 0.3 is 7.12 Å². The number of carbonyl (C=O) groups is 1. The normalized spacial score (nSPS) is 30.9. The maximum absolute atomic E-state index is 12.0. The van der Waals surface area contributed by atoms with Crippen molar-refractivity contribution in [3.8, 4) is 0 Å². The predicted octanol–water partition coefficient (Wildman–Crippen LogP) is -1.26. The lowest BCUT2D eigenvalue weighted by Gasteiger charge is -2.26. The summed E-state index contributed by atoms with van der Waals surface area (Å²) in [4.78, 5) is 13.6. The second-order valence-corrected chi connectivity index (χ2v) is 4.30. The van der Waals surface area contributed by atoms with Gasteiger partial charge in [0.25, 0.3) is 0 Å². The summed E-state index contributed by atoms with van der Waals surface area (Å²) < 4.78 is 0. The number of nitrogens with zero attached hydrogens (tertiary/aromatic N) is 1. The predicted molar refractivity (Wildman–Crippen MR) is 56.0 cm³/mol. The minimum absolute atomic E-state index is 0.0306. The maximum atomic E-state index is 12.0. The molecule has 15 heavy (non-hydrogen) atoms. The smallest absolute Gasteiger partial charge is 0.426 e. The zero-order valence-corrected chi connectivity index (χ0v) is 8.72. The molecule has 0 aromatic rings. The van der Waals surface area contributed by atoms with Crippen LogP contribution in [-0.2, 0) is 4.79 Å². The Bertz CT molecular complexity index is 244. The standard InChI is InChI=1S/C9H17BN2O3/c13-9(7-3-1-5-11-7)12-6-2-4-8(12)10(14)15/h7-8,11,14-15H,1-6H2. The fraction of sp³-hybridized carbons (Fsp3) is 0.889. The van der Waals surface area contributed by atoms with E-state index in [1.807, 2.05) is 0 Å². The van der Waals surface area contributed by atoms with Crippen molar-refractivity contribution in [1.82, 2.24) is 10.2 Å². The van der Waals surface area contributed by atoms with Gasteiger partial charge in [-0.25, -0.2) is 0 Å². The van der Waals surface area contributed by atoms with Gasteiger partial charge in [-0.15, -0.1) is 0 Å². The third kappa shape index (κ3) is 2.16. The van der Waals surface area contributed by atoms with E-state index in [-0.39, 0.29) is 11.9 Å². The molecule has 0 saturated carbocycles. The molecular formula is C9H17BN2O3. The van der Waals surface area contributed by atoms with Gasteiger partial charge in [-0.2, -0.15) is 0 Å². The Morgan fingerprint density at radius 3 is 2.73 bits per heavy atom. The first kappa shape index (κ1) is 10.9. The lowest BCUT2D eigenvalue weighted by Crippen LogP contribution is -2.51. The molecule has 2 rings (SSSR count). The molecule has 3 N–H and O–H groups in total.